The lowest BCUT2D eigenvalue weighted by molar-refractivity contribution is 0.376. The highest BCUT2D eigenvalue weighted by atomic mass is 16.2. The molecule has 7 nitrogen and oxygen atoms in total. The Hall–Kier alpha value is -1.63. The van der Waals surface area contributed by atoms with Crippen LogP contribution in [0.2, 0.25) is 0 Å². The average molecular weight is 269 g/mol. The van der Waals surface area contributed by atoms with Gasteiger partial charge in [0.2, 0.25) is 5.82 Å². The van der Waals surface area contributed by atoms with Crippen molar-refractivity contribution < 1.29 is 0 Å². The molecule has 1 rings (SSSR count). The van der Waals surface area contributed by atoms with E-state index in [-0.39, 0.29) is 16.8 Å². The van der Waals surface area contributed by atoms with Crippen LogP contribution in [0.5, 0.6) is 0 Å². The zero-order valence-corrected chi connectivity index (χ0v) is 12.3. The van der Waals surface area contributed by atoms with E-state index in [1.165, 1.54) is 18.8 Å². The van der Waals surface area contributed by atoms with Crippen LogP contribution in [0, 0.1) is 5.41 Å². The fourth-order valence-corrected chi connectivity index (χ4v) is 1.80. The van der Waals surface area contributed by atoms with Crippen LogP contribution in [0.15, 0.2) is 9.59 Å². The minimum atomic E-state index is -0.428. The van der Waals surface area contributed by atoms with Gasteiger partial charge in [-0.15, -0.1) is 5.10 Å². The van der Waals surface area contributed by atoms with E-state index in [2.05, 4.69) is 5.10 Å². The second-order valence-electron chi connectivity index (χ2n) is 5.48. The molecule has 1 heterocycles. The number of rotatable bonds is 5. The highest BCUT2D eigenvalue weighted by Crippen LogP contribution is 2.16. The number of anilines is 1. The molecule has 0 atom stereocenters. The van der Waals surface area contributed by atoms with Gasteiger partial charge in [-0.05, 0) is 18.9 Å². The number of nitrogens with two attached hydrogens (primary N) is 1. The molecular weight excluding hydrogens is 246 g/mol. The molecule has 0 bridgehead atoms. The molecule has 1 aromatic rings. The van der Waals surface area contributed by atoms with Gasteiger partial charge in [0.15, 0.2) is 0 Å². The van der Waals surface area contributed by atoms with Gasteiger partial charge < -0.3 is 10.6 Å². The molecule has 0 amide bonds. The Bertz CT molecular complexity index is 558. The summed E-state index contributed by atoms with van der Waals surface area (Å²) in [6.45, 7) is 7.75. The summed E-state index contributed by atoms with van der Waals surface area (Å²) in [7, 11) is 2.99. The highest BCUT2D eigenvalue weighted by Gasteiger charge is 2.23. The molecule has 0 unspecified atom stereocenters. The van der Waals surface area contributed by atoms with Crippen molar-refractivity contribution >= 4 is 5.82 Å². The van der Waals surface area contributed by atoms with E-state index >= 15 is 0 Å². The van der Waals surface area contributed by atoms with Crippen LogP contribution in [0.3, 0.4) is 0 Å². The van der Waals surface area contributed by atoms with Crippen LogP contribution in [0.4, 0.5) is 5.82 Å². The fraction of sp³-hybridized carbons (Fsp3) is 0.750. The van der Waals surface area contributed by atoms with Crippen molar-refractivity contribution in [3.05, 3.63) is 20.8 Å². The summed E-state index contributed by atoms with van der Waals surface area (Å²) in [5, 5.41) is 4.08. The summed E-state index contributed by atoms with van der Waals surface area (Å²) in [6.07, 6.45) is 0. The first-order valence-electron chi connectivity index (χ1n) is 6.33. The predicted octanol–water partition coefficient (Wildman–Crippen LogP) is -0.710. The Labute approximate surface area is 112 Å². The second-order valence-corrected chi connectivity index (χ2v) is 5.48. The lowest BCUT2D eigenvalue weighted by Crippen LogP contribution is -2.46. The van der Waals surface area contributed by atoms with Gasteiger partial charge in [-0.3, -0.25) is 9.36 Å². The standard InChI is InChI=1S/C12H23N5O2/c1-6-17(8-12(2,3)7-13)9-10(18)15(4)11(19)16(5)14-9/h6-8,13H2,1-5H3. The van der Waals surface area contributed by atoms with Gasteiger partial charge in [0, 0.05) is 27.2 Å². The van der Waals surface area contributed by atoms with Crippen molar-refractivity contribution in [2.45, 2.75) is 20.8 Å². The quantitative estimate of drug-likeness (QED) is 0.763. The molecule has 0 aliphatic rings. The van der Waals surface area contributed by atoms with Gasteiger partial charge >= 0.3 is 5.69 Å². The maximum absolute atomic E-state index is 12.1. The molecule has 0 fully saturated rings. The number of nitrogens with zero attached hydrogens (tertiary/aromatic N) is 4. The molecule has 0 radical (unpaired) electrons. The van der Waals surface area contributed by atoms with Crippen molar-refractivity contribution in [2.75, 3.05) is 24.5 Å². The van der Waals surface area contributed by atoms with Gasteiger partial charge in [-0.2, -0.15) is 0 Å². The van der Waals surface area contributed by atoms with E-state index in [1.54, 1.807) is 0 Å². The molecule has 0 aliphatic heterocycles. The van der Waals surface area contributed by atoms with Crippen molar-refractivity contribution in [3.8, 4) is 0 Å². The summed E-state index contributed by atoms with van der Waals surface area (Å²) in [5.41, 5.74) is 4.79. The van der Waals surface area contributed by atoms with E-state index in [1.807, 2.05) is 25.7 Å². The molecule has 0 aromatic carbocycles. The molecule has 0 saturated heterocycles. The van der Waals surface area contributed by atoms with Crippen LogP contribution >= 0.6 is 0 Å². The Morgan fingerprint density at radius 1 is 1.32 bits per heavy atom. The number of aromatic nitrogens is 3. The number of hydrogen-bond donors (Lipinski definition) is 1. The third-order valence-corrected chi connectivity index (χ3v) is 3.16. The summed E-state index contributed by atoms with van der Waals surface area (Å²) >= 11 is 0. The van der Waals surface area contributed by atoms with E-state index in [4.69, 9.17) is 5.73 Å². The highest BCUT2D eigenvalue weighted by molar-refractivity contribution is 5.34. The summed E-state index contributed by atoms with van der Waals surface area (Å²) in [5.74, 6) is 0.286. The first-order chi connectivity index (χ1) is 8.73. The van der Waals surface area contributed by atoms with Gasteiger partial charge in [-0.1, -0.05) is 13.8 Å². The second kappa shape index (κ2) is 5.56. The largest absolute Gasteiger partial charge is 0.350 e. The van der Waals surface area contributed by atoms with E-state index in [0.717, 1.165) is 4.57 Å². The Kier molecular flexibility index (Phi) is 4.52. The molecule has 108 valence electrons. The van der Waals surface area contributed by atoms with Gasteiger partial charge in [0.25, 0.3) is 5.56 Å². The molecule has 19 heavy (non-hydrogen) atoms. The first kappa shape index (κ1) is 15.4. The molecule has 1 aromatic heterocycles. The number of hydrogen-bond acceptors (Lipinski definition) is 5. The topological polar surface area (TPSA) is 86.2 Å². The van der Waals surface area contributed by atoms with Crippen molar-refractivity contribution in [1.29, 1.82) is 0 Å². The lowest BCUT2D eigenvalue weighted by atomic mass is 9.93. The van der Waals surface area contributed by atoms with Gasteiger partial charge in [0.1, 0.15) is 0 Å². The predicted molar refractivity (Wildman–Crippen MR) is 75.4 cm³/mol. The summed E-state index contributed by atoms with van der Waals surface area (Å²) in [6, 6.07) is 0. The molecule has 0 spiro atoms. The maximum Gasteiger partial charge on any atom is 0.346 e. The van der Waals surface area contributed by atoms with Crippen molar-refractivity contribution in [2.24, 2.45) is 25.2 Å². The maximum atomic E-state index is 12.1. The summed E-state index contributed by atoms with van der Waals surface area (Å²) in [4.78, 5) is 25.6. The van der Waals surface area contributed by atoms with Crippen LogP contribution in [-0.2, 0) is 14.1 Å². The average Bonchev–Trinajstić information content (AvgIpc) is 2.38. The minimum absolute atomic E-state index is 0.128. The monoisotopic (exact) mass is 269 g/mol. The first-order valence-corrected chi connectivity index (χ1v) is 6.33. The number of aryl methyl sites for hydroxylation is 1. The molecular formula is C12H23N5O2. The van der Waals surface area contributed by atoms with Crippen molar-refractivity contribution in [3.63, 3.8) is 0 Å². The Morgan fingerprint density at radius 2 is 1.89 bits per heavy atom. The van der Waals surface area contributed by atoms with E-state index in [9.17, 15) is 9.59 Å². The van der Waals surface area contributed by atoms with Crippen LogP contribution in [-0.4, -0.2) is 34.0 Å². The smallest absolute Gasteiger partial charge is 0.346 e. The Morgan fingerprint density at radius 3 is 2.37 bits per heavy atom. The van der Waals surface area contributed by atoms with Crippen LogP contribution in [0.1, 0.15) is 20.8 Å². The van der Waals surface area contributed by atoms with Crippen LogP contribution in [0.25, 0.3) is 0 Å². The van der Waals surface area contributed by atoms with E-state index < -0.39 is 5.69 Å². The third-order valence-electron chi connectivity index (χ3n) is 3.16. The third kappa shape index (κ3) is 3.23. The zero-order chi connectivity index (χ0) is 14.8. The normalized spacial score (nSPS) is 11.7. The van der Waals surface area contributed by atoms with Gasteiger partial charge in [0.05, 0.1) is 0 Å². The zero-order valence-electron chi connectivity index (χ0n) is 12.3. The van der Waals surface area contributed by atoms with Crippen molar-refractivity contribution in [1.82, 2.24) is 14.3 Å². The minimum Gasteiger partial charge on any atom is -0.350 e. The molecule has 2 N–H and O–H groups in total. The molecule has 0 saturated carbocycles. The van der Waals surface area contributed by atoms with E-state index in [0.29, 0.717) is 19.6 Å². The Balaban J connectivity index is 3.28. The molecule has 0 aliphatic carbocycles. The van der Waals surface area contributed by atoms with Crippen LogP contribution < -0.4 is 21.9 Å². The summed E-state index contributed by atoms with van der Waals surface area (Å²) < 4.78 is 2.25. The molecule has 7 heteroatoms. The SMILES string of the molecule is CCN(CC(C)(C)CN)c1nn(C)c(=O)n(C)c1=O. The fourth-order valence-electron chi connectivity index (χ4n) is 1.80. The lowest BCUT2D eigenvalue weighted by Gasteiger charge is -2.31. The van der Waals surface area contributed by atoms with Gasteiger partial charge in [-0.25, -0.2) is 9.48 Å².